The number of hydrazone groups is 1. The summed E-state index contributed by atoms with van der Waals surface area (Å²) in [5.74, 6) is 1.43. The van der Waals surface area contributed by atoms with Crippen LogP contribution >= 0.6 is 0 Å². The van der Waals surface area contributed by atoms with Crippen LogP contribution in [0.25, 0.3) is 0 Å². The fourth-order valence-electron chi connectivity index (χ4n) is 3.26. The lowest BCUT2D eigenvalue weighted by Crippen LogP contribution is -2.38. The molecule has 0 bridgehead atoms. The summed E-state index contributed by atoms with van der Waals surface area (Å²) in [5.41, 5.74) is 5.25. The number of benzene rings is 1. The van der Waals surface area contributed by atoms with Crippen LogP contribution in [0.2, 0.25) is 0 Å². The van der Waals surface area contributed by atoms with Crippen LogP contribution in [0.1, 0.15) is 25.0 Å². The zero-order valence-corrected chi connectivity index (χ0v) is 18.2. The lowest BCUT2D eigenvalue weighted by molar-refractivity contribution is 0.0317. The molecule has 8 nitrogen and oxygen atoms in total. The van der Waals surface area contributed by atoms with Crippen LogP contribution in [0.3, 0.4) is 0 Å². The number of aromatic nitrogens is 2. The topological polar surface area (TPSA) is 75.1 Å². The first-order valence-corrected chi connectivity index (χ1v) is 10.6. The second-order valence-electron chi connectivity index (χ2n) is 7.15. The Balaban J connectivity index is 1.67. The van der Waals surface area contributed by atoms with Crippen molar-refractivity contribution in [3.05, 3.63) is 41.5 Å². The Kier molecular flexibility index (Phi) is 8.41. The van der Waals surface area contributed by atoms with Crippen molar-refractivity contribution in [1.29, 1.82) is 0 Å². The summed E-state index contributed by atoms with van der Waals surface area (Å²) < 4.78 is 11.3. The summed E-state index contributed by atoms with van der Waals surface area (Å²) in [7, 11) is 0. The van der Waals surface area contributed by atoms with Crippen molar-refractivity contribution in [3.63, 3.8) is 0 Å². The Hall–Kier alpha value is -2.71. The van der Waals surface area contributed by atoms with Crippen molar-refractivity contribution < 1.29 is 9.47 Å². The first-order chi connectivity index (χ1) is 14.7. The van der Waals surface area contributed by atoms with E-state index >= 15 is 0 Å². The average molecular weight is 413 g/mol. The minimum atomic E-state index is 0.362. The van der Waals surface area contributed by atoms with Crippen LogP contribution in [-0.2, 0) is 4.74 Å². The van der Waals surface area contributed by atoms with Gasteiger partial charge in [-0.05, 0) is 26.3 Å². The van der Waals surface area contributed by atoms with Crippen LogP contribution in [0.5, 0.6) is 6.01 Å². The molecule has 0 unspecified atom stereocenters. The number of rotatable bonds is 10. The predicted molar refractivity (Wildman–Crippen MR) is 121 cm³/mol. The van der Waals surface area contributed by atoms with Gasteiger partial charge in [-0.25, -0.2) is 0 Å². The molecule has 1 saturated heterocycles. The van der Waals surface area contributed by atoms with E-state index < -0.39 is 0 Å². The van der Waals surface area contributed by atoms with E-state index in [9.17, 15) is 0 Å². The van der Waals surface area contributed by atoms with Crippen molar-refractivity contribution in [3.8, 4) is 6.01 Å². The van der Waals surface area contributed by atoms with Gasteiger partial charge < -0.3 is 14.4 Å². The zero-order valence-electron chi connectivity index (χ0n) is 18.2. The van der Waals surface area contributed by atoms with Gasteiger partial charge in [-0.2, -0.15) is 15.1 Å². The highest BCUT2D eigenvalue weighted by atomic mass is 16.5. The molecule has 1 aliphatic heterocycles. The van der Waals surface area contributed by atoms with Gasteiger partial charge >= 0.3 is 6.01 Å². The highest BCUT2D eigenvalue weighted by Gasteiger charge is 2.13. The molecule has 1 N–H and O–H groups in total. The SMILES string of the molecule is CCN(CC)c1cc(NN=Cc2cccc(C)c2)nc(OCCN2CCOCC2)n1. The van der Waals surface area contributed by atoms with Crippen LogP contribution in [-0.4, -0.2) is 73.6 Å². The molecule has 2 aromatic rings. The summed E-state index contributed by atoms with van der Waals surface area (Å²) in [6.45, 7) is 12.8. The first kappa shape index (κ1) is 22.0. The van der Waals surface area contributed by atoms with Crippen LogP contribution in [0.4, 0.5) is 11.6 Å². The largest absolute Gasteiger partial charge is 0.462 e. The van der Waals surface area contributed by atoms with Crippen molar-refractivity contribution in [1.82, 2.24) is 14.9 Å². The lowest BCUT2D eigenvalue weighted by atomic mass is 10.2. The third kappa shape index (κ3) is 6.67. The van der Waals surface area contributed by atoms with E-state index in [1.807, 2.05) is 18.2 Å². The molecule has 3 rings (SSSR count). The Labute approximate surface area is 178 Å². The highest BCUT2D eigenvalue weighted by molar-refractivity contribution is 5.80. The van der Waals surface area contributed by atoms with Crippen LogP contribution in [0.15, 0.2) is 35.4 Å². The van der Waals surface area contributed by atoms with Gasteiger partial charge in [-0.3, -0.25) is 10.3 Å². The number of anilines is 2. The molecule has 1 aromatic carbocycles. The molecule has 0 aliphatic carbocycles. The minimum absolute atomic E-state index is 0.362. The Morgan fingerprint density at radius 2 is 2.00 bits per heavy atom. The van der Waals surface area contributed by atoms with Gasteiger partial charge in [0.15, 0.2) is 5.82 Å². The van der Waals surface area contributed by atoms with Gasteiger partial charge in [0, 0.05) is 38.8 Å². The lowest BCUT2D eigenvalue weighted by Gasteiger charge is -2.26. The molecule has 1 aliphatic rings. The Bertz CT molecular complexity index is 819. The molecule has 30 heavy (non-hydrogen) atoms. The summed E-state index contributed by atoms with van der Waals surface area (Å²) in [4.78, 5) is 13.6. The maximum Gasteiger partial charge on any atom is 0.320 e. The third-order valence-electron chi connectivity index (χ3n) is 4.96. The smallest absolute Gasteiger partial charge is 0.320 e. The molecule has 0 spiro atoms. The van der Waals surface area contributed by atoms with E-state index in [0.717, 1.165) is 57.3 Å². The summed E-state index contributed by atoms with van der Waals surface area (Å²) in [6, 6.07) is 10.4. The number of ether oxygens (including phenoxy) is 2. The number of aryl methyl sites for hydroxylation is 1. The van der Waals surface area contributed by atoms with Gasteiger partial charge in [0.05, 0.1) is 19.4 Å². The fraction of sp³-hybridized carbons (Fsp3) is 0.500. The molecule has 2 heterocycles. The van der Waals surface area contributed by atoms with E-state index in [4.69, 9.17) is 9.47 Å². The maximum absolute atomic E-state index is 5.89. The molecule has 0 saturated carbocycles. The molecule has 162 valence electrons. The van der Waals surface area contributed by atoms with E-state index in [0.29, 0.717) is 18.4 Å². The van der Waals surface area contributed by atoms with Crippen molar-refractivity contribution in [2.75, 3.05) is 62.9 Å². The van der Waals surface area contributed by atoms with E-state index in [2.05, 4.69) is 63.2 Å². The third-order valence-corrected chi connectivity index (χ3v) is 4.96. The number of nitrogens with zero attached hydrogens (tertiary/aromatic N) is 5. The summed E-state index contributed by atoms with van der Waals surface area (Å²) in [6.07, 6.45) is 1.78. The Morgan fingerprint density at radius 3 is 2.73 bits per heavy atom. The van der Waals surface area contributed by atoms with Crippen LogP contribution < -0.4 is 15.1 Å². The fourth-order valence-corrected chi connectivity index (χ4v) is 3.26. The zero-order chi connectivity index (χ0) is 21.2. The van der Waals surface area contributed by atoms with E-state index in [-0.39, 0.29) is 0 Å². The van der Waals surface area contributed by atoms with E-state index in [1.165, 1.54) is 5.56 Å². The maximum atomic E-state index is 5.89. The highest BCUT2D eigenvalue weighted by Crippen LogP contribution is 2.19. The predicted octanol–water partition coefficient (Wildman–Crippen LogP) is 2.79. The molecular formula is C22H32N6O2. The minimum Gasteiger partial charge on any atom is -0.462 e. The molecule has 0 amide bonds. The van der Waals surface area contributed by atoms with Gasteiger partial charge in [0.1, 0.15) is 12.4 Å². The van der Waals surface area contributed by atoms with E-state index in [1.54, 1.807) is 6.21 Å². The molecule has 0 radical (unpaired) electrons. The molecular weight excluding hydrogens is 380 g/mol. The number of hydrogen-bond donors (Lipinski definition) is 1. The van der Waals surface area contributed by atoms with Gasteiger partial charge in [-0.15, -0.1) is 0 Å². The number of hydrogen-bond acceptors (Lipinski definition) is 8. The monoisotopic (exact) mass is 412 g/mol. The normalized spacial score (nSPS) is 14.8. The average Bonchev–Trinajstić information content (AvgIpc) is 2.75. The van der Waals surface area contributed by atoms with Crippen molar-refractivity contribution in [2.45, 2.75) is 20.8 Å². The summed E-state index contributed by atoms with van der Waals surface area (Å²) >= 11 is 0. The Morgan fingerprint density at radius 1 is 1.20 bits per heavy atom. The van der Waals surface area contributed by atoms with Crippen molar-refractivity contribution >= 4 is 17.9 Å². The molecule has 1 aromatic heterocycles. The summed E-state index contributed by atoms with van der Waals surface area (Å²) in [5, 5.41) is 4.34. The van der Waals surface area contributed by atoms with Crippen molar-refractivity contribution in [2.24, 2.45) is 5.10 Å². The van der Waals surface area contributed by atoms with Crippen LogP contribution in [0, 0.1) is 6.92 Å². The molecule has 8 heteroatoms. The van der Waals surface area contributed by atoms with Gasteiger partial charge in [-0.1, -0.05) is 29.8 Å². The standard InChI is InChI=1S/C22H32N6O2/c1-4-28(5-2)21-16-20(26-23-17-19-8-6-7-18(3)15-19)24-22(25-21)30-14-11-27-9-12-29-13-10-27/h6-8,15-17H,4-5,9-14H2,1-3H3,(H,24,25,26). The first-order valence-electron chi connectivity index (χ1n) is 10.6. The number of morpholine rings is 1. The second-order valence-corrected chi connectivity index (χ2v) is 7.15. The van der Waals surface area contributed by atoms with Gasteiger partial charge in [0.25, 0.3) is 0 Å². The molecule has 0 atom stereocenters. The molecule has 1 fully saturated rings. The second kappa shape index (κ2) is 11.5. The quantitative estimate of drug-likeness (QED) is 0.475. The number of nitrogens with one attached hydrogen (secondary N) is 1. The van der Waals surface area contributed by atoms with Gasteiger partial charge in [0.2, 0.25) is 0 Å².